The first-order chi connectivity index (χ1) is 14.5. The van der Waals surface area contributed by atoms with Gasteiger partial charge in [-0.15, -0.1) is 22.7 Å². The fraction of sp³-hybridized carbons (Fsp3) is 0.304. The van der Waals surface area contributed by atoms with Gasteiger partial charge >= 0.3 is 5.97 Å². The Morgan fingerprint density at radius 1 is 1.27 bits per heavy atom. The van der Waals surface area contributed by atoms with Crippen LogP contribution in [0, 0.1) is 5.92 Å². The molecule has 2 aromatic heterocycles. The van der Waals surface area contributed by atoms with Crippen molar-refractivity contribution in [1.29, 1.82) is 0 Å². The molecule has 3 aromatic rings. The number of esters is 1. The average Bonchev–Trinajstić information content (AvgIpc) is 3.32. The van der Waals surface area contributed by atoms with Gasteiger partial charge in [0.25, 0.3) is 5.91 Å². The minimum absolute atomic E-state index is 0.157. The maximum atomic E-state index is 13.1. The van der Waals surface area contributed by atoms with Gasteiger partial charge in [-0.1, -0.05) is 35.0 Å². The van der Waals surface area contributed by atoms with E-state index in [0.29, 0.717) is 16.5 Å². The zero-order valence-corrected chi connectivity index (χ0v) is 20.0. The van der Waals surface area contributed by atoms with Gasteiger partial charge in [-0.2, -0.15) is 0 Å². The zero-order valence-electron chi connectivity index (χ0n) is 16.8. The van der Waals surface area contributed by atoms with Crippen molar-refractivity contribution in [3.8, 4) is 11.1 Å². The number of rotatable bonds is 5. The number of benzene rings is 1. The molecule has 156 valence electrons. The Bertz CT molecular complexity index is 1100. The van der Waals surface area contributed by atoms with E-state index in [0.717, 1.165) is 46.0 Å². The molecule has 4 nitrogen and oxygen atoms in total. The van der Waals surface area contributed by atoms with E-state index >= 15 is 0 Å². The van der Waals surface area contributed by atoms with Crippen molar-refractivity contribution in [2.75, 3.05) is 11.9 Å². The highest BCUT2D eigenvalue weighted by Gasteiger charge is 2.26. The highest BCUT2D eigenvalue weighted by atomic mass is 79.9. The molecule has 0 fully saturated rings. The highest BCUT2D eigenvalue weighted by Crippen LogP contribution is 2.38. The Morgan fingerprint density at radius 2 is 2.10 bits per heavy atom. The quantitative estimate of drug-likeness (QED) is 0.389. The molecule has 0 saturated carbocycles. The van der Waals surface area contributed by atoms with Gasteiger partial charge < -0.3 is 10.1 Å². The van der Waals surface area contributed by atoms with Crippen LogP contribution < -0.4 is 5.32 Å². The van der Waals surface area contributed by atoms with Crippen LogP contribution in [0.4, 0.5) is 5.00 Å². The Kier molecular flexibility index (Phi) is 6.41. The average molecular weight is 504 g/mol. The maximum Gasteiger partial charge on any atom is 0.341 e. The van der Waals surface area contributed by atoms with E-state index in [1.165, 1.54) is 16.2 Å². The fourth-order valence-corrected chi connectivity index (χ4v) is 6.36. The number of fused-ring (bicyclic) bond motifs is 1. The summed E-state index contributed by atoms with van der Waals surface area (Å²) in [6.45, 7) is 4.30. The van der Waals surface area contributed by atoms with Gasteiger partial charge in [0.05, 0.1) is 12.2 Å². The standard InChI is InChI=1S/C23H22BrNO3S2/c1-3-28-23(27)20-17(14-5-4-6-15(24)10-14)11-30-22(20)25-21(26)18-12-29-19-9-13(2)7-8-16(18)19/h4-6,10-13H,3,7-9H2,1-2H3,(H,25,26). The van der Waals surface area contributed by atoms with Crippen LogP contribution in [0.2, 0.25) is 0 Å². The monoisotopic (exact) mass is 503 g/mol. The number of carbonyl (C=O) groups is 2. The lowest BCUT2D eigenvalue weighted by Crippen LogP contribution is -2.17. The summed E-state index contributed by atoms with van der Waals surface area (Å²) in [5.41, 5.74) is 3.96. The molecule has 1 amide bonds. The molecule has 0 radical (unpaired) electrons. The number of nitrogens with one attached hydrogen (secondary N) is 1. The summed E-state index contributed by atoms with van der Waals surface area (Å²) in [5, 5.41) is 7.36. The van der Waals surface area contributed by atoms with Crippen LogP contribution in [0.25, 0.3) is 11.1 Å². The summed E-state index contributed by atoms with van der Waals surface area (Å²) in [5.74, 6) is 0.0768. The minimum Gasteiger partial charge on any atom is -0.462 e. The van der Waals surface area contributed by atoms with Crippen LogP contribution in [-0.4, -0.2) is 18.5 Å². The van der Waals surface area contributed by atoms with Crippen molar-refractivity contribution in [2.45, 2.75) is 33.1 Å². The molecule has 1 aliphatic carbocycles. The topological polar surface area (TPSA) is 55.4 Å². The summed E-state index contributed by atoms with van der Waals surface area (Å²) < 4.78 is 6.22. The van der Waals surface area contributed by atoms with Crippen molar-refractivity contribution < 1.29 is 14.3 Å². The summed E-state index contributed by atoms with van der Waals surface area (Å²) in [6.07, 6.45) is 3.07. The molecule has 0 bridgehead atoms. The van der Waals surface area contributed by atoms with Crippen LogP contribution in [0.15, 0.2) is 39.5 Å². The summed E-state index contributed by atoms with van der Waals surface area (Å²) in [7, 11) is 0. The third kappa shape index (κ3) is 4.24. The molecule has 1 unspecified atom stereocenters. The molecular formula is C23H22BrNO3S2. The third-order valence-electron chi connectivity index (χ3n) is 5.28. The smallest absolute Gasteiger partial charge is 0.341 e. The first-order valence-corrected chi connectivity index (χ1v) is 12.5. The molecule has 4 rings (SSSR count). The van der Waals surface area contributed by atoms with Gasteiger partial charge in [0.1, 0.15) is 10.6 Å². The molecule has 1 atom stereocenters. The van der Waals surface area contributed by atoms with Crippen molar-refractivity contribution >= 4 is 55.5 Å². The van der Waals surface area contributed by atoms with E-state index in [2.05, 4.69) is 28.2 Å². The van der Waals surface area contributed by atoms with Crippen LogP contribution in [-0.2, 0) is 17.6 Å². The second-order valence-electron chi connectivity index (χ2n) is 7.44. The number of anilines is 1. The lowest BCUT2D eigenvalue weighted by molar-refractivity contribution is 0.0529. The number of thiophene rings is 2. The SMILES string of the molecule is CCOC(=O)c1c(-c2cccc(Br)c2)csc1NC(=O)c1csc2c1CCC(C)C2. The van der Waals surface area contributed by atoms with Crippen LogP contribution >= 0.6 is 38.6 Å². The molecule has 1 N–H and O–H groups in total. The van der Waals surface area contributed by atoms with Gasteiger partial charge in [0.15, 0.2) is 0 Å². The van der Waals surface area contributed by atoms with E-state index < -0.39 is 5.97 Å². The second kappa shape index (κ2) is 9.04. The molecule has 0 spiro atoms. The Morgan fingerprint density at radius 3 is 2.87 bits per heavy atom. The Hall–Kier alpha value is -1.96. The minimum atomic E-state index is -0.426. The predicted octanol–water partition coefficient (Wildman–Crippen LogP) is 6.79. The predicted molar refractivity (Wildman–Crippen MR) is 127 cm³/mol. The van der Waals surface area contributed by atoms with Crippen molar-refractivity contribution in [1.82, 2.24) is 0 Å². The second-order valence-corrected chi connectivity index (χ2v) is 10.2. The van der Waals surface area contributed by atoms with Gasteiger partial charge in [-0.3, -0.25) is 4.79 Å². The van der Waals surface area contributed by atoms with Crippen LogP contribution in [0.1, 0.15) is 51.4 Å². The van der Waals surface area contributed by atoms with Crippen LogP contribution in [0.3, 0.4) is 0 Å². The molecule has 0 aliphatic heterocycles. The summed E-state index contributed by atoms with van der Waals surface area (Å²) in [6, 6.07) is 7.75. The lowest BCUT2D eigenvalue weighted by Gasteiger charge is -2.18. The maximum absolute atomic E-state index is 13.1. The molecule has 1 aliphatic rings. The molecular weight excluding hydrogens is 482 g/mol. The number of amides is 1. The number of hydrogen-bond donors (Lipinski definition) is 1. The lowest BCUT2D eigenvalue weighted by atomic mass is 9.88. The Balaban J connectivity index is 1.68. The number of halogens is 1. The van der Waals surface area contributed by atoms with Gasteiger partial charge in [0.2, 0.25) is 0 Å². The number of carbonyl (C=O) groups excluding carboxylic acids is 2. The largest absolute Gasteiger partial charge is 0.462 e. The third-order valence-corrected chi connectivity index (χ3v) is 7.72. The fourth-order valence-electron chi connectivity index (χ4n) is 3.76. The van der Waals surface area contributed by atoms with E-state index in [4.69, 9.17) is 4.74 Å². The van der Waals surface area contributed by atoms with E-state index in [1.54, 1.807) is 18.3 Å². The zero-order chi connectivity index (χ0) is 21.3. The molecule has 0 saturated heterocycles. The summed E-state index contributed by atoms with van der Waals surface area (Å²) in [4.78, 5) is 27.2. The van der Waals surface area contributed by atoms with Gasteiger partial charge in [0, 0.05) is 25.7 Å². The molecule has 2 heterocycles. The van der Waals surface area contributed by atoms with Crippen molar-refractivity contribution in [3.63, 3.8) is 0 Å². The first kappa shape index (κ1) is 21.3. The molecule has 30 heavy (non-hydrogen) atoms. The Labute approximate surface area is 192 Å². The van der Waals surface area contributed by atoms with Crippen LogP contribution in [0.5, 0.6) is 0 Å². The summed E-state index contributed by atoms with van der Waals surface area (Å²) >= 11 is 6.50. The van der Waals surface area contributed by atoms with E-state index in [9.17, 15) is 9.59 Å². The van der Waals surface area contributed by atoms with Gasteiger partial charge in [-0.05, 0) is 55.4 Å². The molecule has 7 heteroatoms. The highest BCUT2D eigenvalue weighted by molar-refractivity contribution is 9.10. The van der Waals surface area contributed by atoms with E-state index in [-0.39, 0.29) is 12.5 Å². The van der Waals surface area contributed by atoms with Crippen molar-refractivity contribution in [3.05, 3.63) is 61.1 Å². The number of hydrogen-bond acceptors (Lipinski definition) is 5. The van der Waals surface area contributed by atoms with Gasteiger partial charge in [-0.25, -0.2) is 4.79 Å². The molecule has 1 aromatic carbocycles. The van der Waals surface area contributed by atoms with Crippen molar-refractivity contribution in [2.24, 2.45) is 5.92 Å². The number of ether oxygens (including phenoxy) is 1. The first-order valence-electron chi connectivity index (χ1n) is 9.93. The van der Waals surface area contributed by atoms with E-state index in [1.807, 2.05) is 35.0 Å². The normalized spacial score (nSPS) is 15.5.